The van der Waals surface area contributed by atoms with Gasteiger partial charge < -0.3 is 14.8 Å². The molecule has 2 aliphatic heterocycles. The van der Waals surface area contributed by atoms with Crippen LogP contribution in [0.25, 0.3) is 11.2 Å². The Balaban J connectivity index is 1.26. The minimum absolute atomic E-state index is 0.0180. The highest BCUT2D eigenvalue weighted by Crippen LogP contribution is 2.29. The molecule has 5 rings (SSSR count). The quantitative estimate of drug-likeness (QED) is 0.709. The largest absolute Gasteiger partial charge is 0.342 e. The molecule has 0 radical (unpaired) electrons. The van der Waals surface area contributed by atoms with Gasteiger partial charge >= 0.3 is 0 Å². The zero-order chi connectivity index (χ0) is 21.2. The van der Waals surface area contributed by atoms with Crippen LogP contribution in [0.3, 0.4) is 0 Å². The average molecular weight is 418 g/mol. The summed E-state index contributed by atoms with van der Waals surface area (Å²) in [7, 11) is 0. The smallest absolute Gasteiger partial charge is 0.253 e. The van der Waals surface area contributed by atoms with Gasteiger partial charge in [-0.3, -0.25) is 9.59 Å². The lowest BCUT2D eigenvalue weighted by Crippen LogP contribution is -2.49. The van der Waals surface area contributed by atoms with Gasteiger partial charge in [0.2, 0.25) is 5.91 Å². The molecular formula is C24H27N5O2. The number of imidazole rings is 1. The molecule has 1 aromatic carbocycles. The van der Waals surface area contributed by atoms with Crippen LogP contribution in [0, 0.1) is 5.92 Å². The minimum atomic E-state index is -0.127. The van der Waals surface area contributed by atoms with Crippen LogP contribution in [0.2, 0.25) is 0 Å². The number of likely N-dealkylation sites (tertiary alicyclic amines) is 2. The number of nitrogens with one attached hydrogen (secondary N) is 1. The Bertz CT molecular complexity index is 1050. The van der Waals surface area contributed by atoms with Gasteiger partial charge in [0.05, 0.1) is 11.4 Å². The first-order valence-corrected chi connectivity index (χ1v) is 11.1. The van der Waals surface area contributed by atoms with Gasteiger partial charge in [-0.25, -0.2) is 9.97 Å². The molecule has 7 heteroatoms. The Labute approximate surface area is 181 Å². The number of hydrogen-bond donors (Lipinski definition) is 1. The van der Waals surface area contributed by atoms with E-state index in [1.807, 2.05) is 52.3 Å². The van der Waals surface area contributed by atoms with Gasteiger partial charge in [0.1, 0.15) is 5.82 Å². The molecule has 2 aliphatic rings. The first-order valence-electron chi connectivity index (χ1n) is 11.1. The Hall–Kier alpha value is -3.22. The van der Waals surface area contributed by atoms with E-state index in [0.29, 0.717) is 25.2 Å². The van der Waals surface area contributed by atoms with Gasteiger partial charge in [-0.15, -0.1) is 0 Å². The van der Waals surface area contributed by atoms with E-state index in [1.54, 1.807) is 6.20 Å². The number of amides is 2. The van der Waals surface area contributed by atoms with Gasteiger partial charge in [0, 0.05) is 43.9 Å². The monoisotopic (exact) mass is 417 g/mol. The molecule has 2 atom stereocenters. The van der Waals surface area contributed by atoms with E-state index in [9.17, 15) is 9.59 Å². The molecule has 2 aromatic heterocycles. The zero-order valence-corrected chi connectivity index (χ0v) is 17.5. The molecule has 0 bridgehead atoms. The van der Waals surface area contributed by atoms with Crippen molar-refractivity contribution in [3.8, 4) is 0 Å². The Morgan fingerprint density at radius 3 is 2.58 bits per heavy atom. The lowest BCUT2D eigenvalue weighted by Gasteiger charge is -2.38. The van der Waals surface area contributed by atoms with Crippen molar-refractivity contribution in [1.29, 1.82) is 0 Å². The number of piperidine rings is 2. The molecule has 0 aliphatic carbocycles. The van der Waals surface area contributed by atoms with Crippen LogP contribution in [-0.2, 0) is 4.79 Å². The summed E-state index contributed by atoms with van der Waals surface area (Å²) in [6.07, 6.45) is 5.41. The molecule has 2 fully saturated rings. The molecular weight excluding hydrogens is 390 g/mol. The van der Waals surface area contributed by atoms with E-state index in [0.717, 1.165) is 49.2 Å². The first-order chi connectivity index (χ1) is 15.2. The number of benzene rings is 1. The topological polar surface area (TPSA) is 82.2 Å². The second-order valence-corrected chi connectivity index (χ2v) is 8.58. The summed E-state index contributed by atoms with van der Waals surface area (Å²) >= 11 is 0. The molecule has 1 N–H and O–H groups in total. The van der Waals surface area contributed by atoms with Crippen LogP contribution >= 0.6 is 0 Å². The van der Waals surface area contributed by atoms with Crippen molar-refractivity contribution in [1.82, 2.24) is 24.8 Å². The normalized spacial score (nSPS) is 21.9. The fourth-order valence-corrected chi connectivity index (χ4v) is 4.84. The van der Waals surface area contributed by atoms with Crippen LogP contribution < -0.4 is 0 Å². The summed E-state index contributed by atoms with van der Waals surface area (Å²) in [5.41, 5.74) is 2.35. The van der Waals surface area contributed by atoms with E-state index in [4.69, 9.17) is 0 Å². The average Bonchev–Trinajstić information content (AvgIpc) is 3.28. The SMILES string of the molecule is O=C(c1ccccc1)N1CCCC(C(=O)N2CCCC(c3nc4ncccc4[nH]3)C2)C1. The number of aromatic nitrogens is 3. The maximum absolute atomic E-state index is 13.4. The van der Waals surface area contributed by atoms with E-state index >= 15 is 0 Å². The molecule has 0 saturated carbocycles. The number of carbonyl (C=O) groups is 2. The summed E-state index contributed by atoms with van der Waals surface area (Å²) in [5, 5.41) is 0. The lowest BCUT2D eigenvalue weighted by molar-refractivity contribution is -0.138. The lowest BCUT2D eigenvalue weighted by atomic mass is 9.92. The fraction of sp³-hybridized carbons (Fsp3) is 0.417. The van der Waals surface area contributed by atoms with Crippen LogP contribution in [0.1, 0.15) is 47.8 Å². The predicted octanol–water partition coefficient (Wildman–Crippen LogP) is 3.22. The summed E-state index contributed by atoms with van der Waals surface area (Å²) < 4.78 is 0. The van der Waals surface area contributed by atoms with E-state index in [2.05, 4.69) is 15.0 Å². The first kappa shape index (κ1) is 19.7. The van der Waals surface area contributed by atoms with Crippen molar-refractivity contribution < 1.29 is 9.59 Å². The molecule has 7 nitrogen and oxygen atoms in total. The van der Waals surface area contributed by atoms with Crippen LogP contribution in [0.5, 0.6) is 0 Å². The third-order valence-corrected chi connectivity index (χ3v) is 6.47. The van der Waals surface area contributed by atoms with Gasteiger partial charge in [-0.1, -0.05) is 18.2 Å². The molecule has 31 heavy (non-hydrogen) atoms. The highest BCUT2D eigenvalue weighted by atomic mass is 16.2. The van der Waals surface area contributed by atoms with E-state index in [1.165, 1.54) is 0 Å². The number of H-pyrrole nitrogens is 1. The summed E-state index contributed by atoms with van der Waals surface area (Å²) in [5.74, 6) is 1.17. The summed E-state index contributed by atoms with van der Waals surface area (Å²) in [6.45, 7) is 2.66. The zero-order valence-electron chi connectivity index (χ0n) is 17.5. The maximum Gasteiger partial charge on any atom is 0.253 e. The molecule has 160 valence electrons. The highest BCUT2D eigenvalue weighted by Gasteiger charge is 2.34. The number of hydrogen-bond acceptors (Lipinski definition) is 4. The van der Waals surface area contributed by atoms with Crippen molar-refractivity contribution in [2.75, 3.05) is 26.2 Å². The second kappa shape index (κ2) is 8.49. The standard InChI is InChI=1S/C24H27N5O2/c30-23(17-7-2-1-3-8-17)29-14-6-10-19(16-29)24(31)28-13-5-9-18(15-28)21-26-20-11-4-12-25-22(20)27-21/h1-4,7-8,11-12,18-19H,5-6,9-10,13-16H2,(H,25,26,27). The number of nitrogens with zero attached hydrogens (tertiary/aromatic N) is 4. The van der Waals surface area contributed by atoms with Gasteiger partial charge in [-0.05, 0) is 49.9 Å². The molecule has 2 saturated heterocycles. The molecule has 0 spiro atoms. The molecule has 3 aromatic rings. The Morgan fingerprint density at radius 2 is 1.74 bits per heavy atom. The predicted molar refractivity (Wildman–Crippen MR) is 118 cm³/mol. The highest BCUT2D eigenvalue weighted by molar-refractivity contribution is 5.94. The van der Waals surface area contributed by atoms with Gasteiger partial charge in [0.15, 0.2) is 5.65 Å². The summed E-state index contributed by atoms with van der Waals surface area (Å²) in [4.78, 5) is 42.4. The van der Waals surface area contributed by atoms with Crippen LogP contribution in [0.4, 0.5) is 0 Å². The van der Waals surface area contributed by atoms with Crippen LogP contribution in [0.15, 0.2) is 48.7 Å². The maximum atomic E-state index is 13.4. The third-order valence-electron chi connectivity index (χ3n) is 6.47. The van der Waals surface area contributed by atoms with Crippen molar-refractivity contribution in [2.24, 2.45) is 5.92 Å². The Morgan fingerprint density at radius 1 is 0.935 bits per heavy atom. The van der Waals surface area contributed by atoms with Crippen molar-refractivity contribution in [3.05, 3.63) is 60.0 Å². The number of fused-ring (bicyclic) bond motifs is 1. The van der Waals surface area contributed by atoms with E-state index in [-0.39, 0.29) is 23.7 Å². The number of aromatic amines is 1. The van der Waals surface area contributed by atoms with Gasteiger partial charge in [0.25, 0.3) is 5.91 Å². The molecule has 2 amide bonds. The number of carbonyl (C=O) groups excluding carboxylic acids is 2. The fourth-order valence-electron chi connectivity index (χ4n) is 4.84. The third kappa shape index (κ3) is 4.04. The van der Waals surface area contributed by atoms with Crippen molar-refractivity contribution in [2.45, 2.75) is 31.6 Å². The molecule has 2 unspecified atom stereocenters. The number of pyridine rings is 1. The van der Waals surface area contributed by atoms with E-state index < -0.39 is 0 Å². The number of rotatable bonds is 3. The molecule has 4 heterocycles. The Kier molecular flexibility index (Phi) is 5.40. The minimum Gasteiger partial charge on any atom is -0.342 e. The van der Waals surface area contributed by atoms with Crippen molar-refractivity contribution in [3.63, 3.8) is 0 Å². The summed E-state index contributed by atoms with van der Waals surface area (Å²) in [6, 6.07) is 13.2. The second-order valence-electron chi connectivity index (χ2n) is 8.58. The van der Waals surface area contributed by atoms with Gasteiger partial charge in [-0.2, -0.15) is 0 Å². The van der Waals surface area contributed by atoms with Crippen molar-refractivity contribution >= 4 is 23.0 Å². The van der Waals surface area contributed by atoms with Crippen LogP contribution in [-0.4, -0.2) is 62.7 Å².